The molecule has 0 fully saturated rings. The van der Waals surface area contributed by atoms with Crippen molar-refractivity contribution in [3.63, 3.8) is 0 Å². The van der Waals surface area contributed by atoms with Gasteiger partial charge in [-0.2, -0.15) is 0 Å². The molecule has 0 aromatic carbocycles. The van der Waals surface area contributed by atoms with Crippen LogP contribution in [0, 0.1) is 0 Å². The van der Waals surface area contributed by atoms with Crippen molar-refractivity contribution in [1.82, 2.24) is 4.98 Å². The highest BCUT2D eigenvalue weighted by Gasteiger charge is 2.11. The summed E-state index contributed by atoms with van der Waals surface area (Å²) >= 11 is 0. The summed E-state index contributed by atoms with van der Waals surface area (Å²) in [6.45, 7) is 0.659. The lowest BCUT2D eigenvalue weighted by molar-refractivity contribution is 0.0696. The Morgan fingerprint density at radius 1 is 1.50 bits per heavy atom. The third-order valence-corrected chi connectivity index (χ3v) is 2.07. The van der Waals surface area contributed by atoms with E-state index in [0.717, 1.165) is 17.6 Å². The zero-order valence-electron chi connectivity index (χ0n) is 7.43. The van der Waals surface area contributed by atoms with Crippen molar-refractivity contribution in [2.24, 2.45) is 0 Å². The Labute approximate surface area is 80.8 Å². The highest BCUT2D eigenvalue weighted by Crippen LogP contribution is 2.22. The number of carboxylic acid groups (broad SMARTS) is 1. The predicted molar refractivity (Wildman–Crippen MR) is 49.7 cm³/mol. The first-order valence-electron chi connectivity index (χ1n) is 4.27. The third kappa shape index (κ3) is 1.59. The second-order valence-electron chi connectivity index (χ2n) is 3.03. The van der Waals surface area contributed by atoms with Crippen molar-refractivity contribution in [1.29, 1.82) is 0 Å². The zero-order valence-corrected chi connectivity index (χ0v) is 7.43. The van der Waals surface area contributed by atoms with Gasteiger partial charge in [0.2, 0.25) is 0 Å². The van der Waals surface area contributed by atoms with Crippen LogP contribution in [-0.4, -0.2) is 22.7 Å². The van der Waals surface area contributed by atoms with E-state index >= 15 is 0 Å². The van der Waals surface area contributed by atoms with Gasteiger partial charge in [0.1, 0.15) is 0 Å². The fourth-order valence-electron chi connectivity index (χ4n) is 1.33. The summed E-state index contributed by atoms with van der Waals surface area (Å²) in [5, 5.41) is 8.76. The molecule has 0 amide bonds. The maximum atomic E-state index is 10.7. The minimum atomic E-state index is -0.959. The Morgan fingerprint density at radius 2 is 2.36 bits per heavy atom. The normalized spacial score (nSPS) is 14.7. The van der Waals surface area contributed by atoms with Crippen LogP contribution in [0.3, 0.4) is 0 Å². The molecular formula is C10H9NO3. The van der Waals surface area contributed by atoms with E-state index in [0.29, 0.717) is 6.61 Å². The van der Waals surface area contributed by atoms with E-state index in [1.54, 1.807) is 18.5 Å². The van der Waals surface area contributed by atoms with Crippen molar-refractivity contribution < 1.29 is 14.6 Å². The van der Waals surface area contributed by atoms with E-state index in [-0.39, 0.29) is 5.56 Å². The molecule has 72 valence electrons. The molecule has 1 aromatic rings. The van der Waals surface area contributed by atoms with Gasteiger partial charge in [0.25, 0.3) is 0 Å². The van der Waals surface area contributed by atoms with Crippen LogP contribution in [0.25, 0.3) is 5.57 Å². The molecule has 4 heteroatoms. The molecule has 0 unspecified atom stereocenters. The van der Waals surface area contributed by atoms with Gasteiger partial charge in [-0.15, -0.1) is 0 Å². The summed E-state index contributed by atoms with van der Waals surface area (Å²) in [4.78, 5) is 14.6. The van der Waals surface area contributed by atoms with E-state index in [4.69, 9.17) is 9.84 Å². The minimum absolute atomic E-state index is 0.204. The molecule has 2 heterocycles. The van der Waals surface area contributed by atoms with Gasteiger partial charge >= 0.3 is 5.97 Å². The minimum Gasteiger partial charge on any atom is -0.501 e. The summed E-state index contributed by atoms with van der Waals surface area (Å²) < 4.78 is 5.07. The molecule has 0 atom stereocenters. The number of rotatable bonds is 2. The molecule has 1 aliphatic heterocycles. The first kappa shape index (κ1) is 8.74. The van der Waals surface area contributed by atoms with Crippen LogP contribution in [0.5, 0.6) is 0 Å². The first-order chi connectivity index (χ1) is 6.77. The number of aromatic carboxylic acids is 1. The lowest BCUT2D eigenvalue weighted by Crippen LogP contribution is -1.98. The molecule has 2 rings (SSSR count). The maximum Gasteiger partial charge on any atom is 0.337 e. The molecule has 4 nitrogen and oxygen atoms in total. The van der Waals surface area contributed by atoms with E-state index in [2.05, 4.69) is 4.98 Å². The van der Waals surface area contributed by atoms with Crippen molar-refractivity contribution in [3.8, 4) is 0 Å². The largest absolute Gasteiger partial charge is 0.501 e. The molecule has 0 saturated carbocycles. The number of hydrogen-bond acceptors (Lipinski definition) is 3. The van der Waals surface area contributed by atoms with E-state index in [9.17, 15) is 4.79 Å². The Balaban J connectivity index is 2.34. The van der Waals surface area contributed by atoms with Crippen molar-refractivity contribution in [2.45, 2.75) is 6.42 Å². The van der Waals surface area contributed by atoms with E-state index < -0.39 is 5.97 Å². The quantitative estimate of drug-likeness (QED) is 0.770. The SMILES string of the molecule is O=C(O)c1cncc(C2=COCC2)c1. The van der Waals surface area contributed by atoms with Gasteiger partial charge in [0, 0.05) is 18.8 Å². The molecule has 0 spiro atoms. The number of carbonyl (C=O) groups is 1. The standard InChI is InChI=1S/C10H9NO3/c12-10(13)9-3-8(4-11-5-9)7-1-2-14-6-7/h3-6H,1-2H2,(H,12,13). The first-order valence-corrected chi connectivity index (χ1v) is 4.27. The van der Waals surface area contributed by atoms with E-state index in [1.165, 1.54) is 6.20 Å². The van der Waals surface area contributed by atoms with Gasteiger partial charge < -0.3 is 9.84 Å². The second-order valence-corrected chi connectivity index (χ2v) is 3.03. The fourth-order valence-corrected chi connectivity index (χ4v) is 1.33. The van der Waals surface area contributed by atoms with Crippen molar-refractivity contribution >= 4 is 11.5 Å². The molecular weight excluding hydrogens is 182 g/mol. The monoisotopic (exact) mass is 191 g/mol. The zero-order chi connectivity index (χ0) is 9.97. The molecule has 0 saturated heterocycles. The lowest BCUT2D eigenvalue weighted by Gasteiger charge is -2.00. The topological polar surface area (TPSA) is 59.4 Å². The van der Waals surface area contributed by atoms with Crippen molar-refractivity contribution in [3.05, 3.63) is 35.8 Å². The summed E-state index contributed by atoms with van der Waals surface area (Å²) in [6, 6.07) is 1.61. The van der Waals surface area contributed by atoms with Gasteiger partial charge in [0.15, 0.2) is 0 Å². The number of aromatic nitrogens is 1. The molecule has 1 aromatic heterocycles. The van der Waals surface area contributed by atoms with Gasteiger partial charge in [-0.1, -0.05) is 0 Å². The Morgan fingerprint density at radius 3 is 3.00 bits per heavy atom. The molecule has 1 aliphatic rings. The number of pyridine rings is 1. The predicted octanol–water partition coefficient (Wildman–Crippen LogP) is 1.54. The number of carboxylic acids is 1. The van der Waals surface area contributed by atoms with Crippen LogP contribution >= 0.6 is 0 Å². The highest BCUT2D eigenvalue weighted by atomic mass is 16.5. The molecule has 0 bridgehead atoms. The third-order valence-electron chi connectivity index (χ3n) is 2.07. The van der Waals surface area contributed by atoms with Crippen LogP contribution in [0.1, 0.15) is 22.3 Å². The molecule has 14 heavy (non-hydrogen) atoms. The summed E-state index contributed by atoms with van der Waals surface area (Å²) in [5.74, 6) is -0.959. The summed E-state index contributed by atoms with van der Waals surface area (Å²) in [7, 11) is 0. The van der Waals surface area contributed by atoms with Crippen LogP contribution < -0.4 is 0 Å². The van der Waals surface area contributed by atoms with Crippen LogP contribution in [0.4, 0.5) is 0 Å². The smallest absolute Gasteiger partial charge is 0.337 e. The summed E-state index contributed by atoms with van der Waals surface area (Å²) in [5.41, 5.74) is 2.03. The Hall–Kier alpha value is -1.84. The average molecular weight is 191 g/mol. The van der Waals surface area contributed by atoms with Crippen LogP contribution in [0.2, 0.25) is 0 Å². The second kappa shape index (κ2) is 3.49. The van der Waals surface area contributed by atoms with Gasteiger partial charge in [-0.25, -0.2) is 4.79 Å². The maximum absolute atomic E-state index is 10.7. The van der Waals surface area contributed by atoms with Gasteiger partial charge in [-0.3, -0.25) is 4.98 Å². The van der Waals surface area contributed by atoms with E-state index in [1.807, 2.05) is 0 Å². The van der Waals surface area contributed by atoms with Crippen LogP contribution in [-0.2, 0) is 4.74 Å². The molecule has 0 radical (unpaired) electrons. The highest BCUT2D eigenvalue weighted by molar-refractivity contribution is 5.88. The molecule has 0 aliphatic carbocycles. The summed E-state index contributed by atoms with van der Waals surface area (Å²) in [6.07, 6.45) is 5.45. The molecule has 1 N–H and O–H groups in total. The van der Waals surface area contributed by atoms with Crippen LogP contribution in [0.15, 0.2) is 24.7 Å². The Kier molecular flexibility index (Phi) is 2.18. The fraction of sp³-hybridized carbons (Fsp3) is 0.200. The van der Waals surface area contributed by atoms with Gasteiger partial charge in [0.05, 0.1) is 18.4 Å². The average Bonchev–Trinajstić information content (AvgIpc) is 2.71. The lowest BCUT2D eigenvalue weighted by atomic mass is 10.1. The van der Waals surface area contributed by atoms with Crippen molar-refractivity contribution in [2.75, 3.05) is 6.61 Å². The number of hydrogen-bond donors (Lipinski definition) is 1. The Bertz CT molecular complexity index is 398. The number of nitrogens with zero attached hydrogens (tertiary/aromatic N) is 1. The van der Waals surface area contributed by atoms with Gasteiger partial charge in [-0.05, 0) is 17.2 Å². The number of ether oxygens (including phenoxy) is 1.